The van der Waals surface area contributed by atoms with Gasteiger partial charge in [0, 0.05) is 16.5 Å². The summed E-state index contributed by atoms with van der Waals surface area (Å²) in [6.07, 6.45) is 0. The largest absolute Gasteiger partial charge is 0.506 e. The number of nitrogen functional groups attached to an aromatic ring is 1. The molecule has 0 aliphatic carbocycles. The number of benzene rings is 2. The van der Waals surface area contributed by atoms with Gasteiger partial charge >= 0.3 is 5.97 Å². The maximum Gasteiger partial charge on any atom is 0.341 e. The zero-order valence-corrected chi connectivity index (χ0v) is 9.03. The molecule has 2 aromatic rings. The van der Waals surface area contributed by atoms with Crippen molar-refractivity contribution in [3.8, 4) is 5.75 Å². The maximum atomic E-state index is 13.1. The first-order valence-corrected chi connectivity index (χ1v) is 4.83. The van der Waals surface area contributed by atoms with E-state index in [0.717, 1.165) is 6.07 Å². The molecule has 0 saturated heterocycles. The number of fused-ring (bicyclic) bond motifs is 1. The van der Waals surface area contributed by atoms with E-state index in [0.29, 0.717) is 5.39 Å². The highest BCUT2D eigenvalue weighted by molar-refractivity contribution is 6.06. The van der Waals surface area contributed by atoms with Gasteiger partial charge in [-0.1, -0.05) is 0 Å². The zero-order valence-electron chi connectivity index (χ0n) is 9.03. The first-order chi connectivity index (χ1) is 8.04. The van der Waals surface area contributed by atoms with Gasteiger partial charge in [0.2, 0.25) is 0 Å². The van der Waals surface area contributed by atoms with Crippen molar-refractivity contribution in [3.63, 3.8) is 0 Å². The Labute approximate surface area is 96.4 Å². The number of nitrogens with two attached hydrogens (primary N) is 1. The molecule has 0 unspecified atom stereocenters. The van der Waals surface area contributed by atoms with Gasteiger partial charge in [0.15, 0.2) is 0 Å². The summed E-state index contributed by atoms with van der Waals surface area (Å²) in [6.45, 7) is 0. The van der Waals surface area contributed by atoms with E-state index in [2.05, 4.69) is 4.74 Å². The molecular weight excluding hydrogens is 225 g/mol. The van der Waals surface area contributed by atoms with E-state index >= 15 is 0 Å². The lowest BCUT2D eigenvalue weighted by Gasteiger charge is -2.09. The van der Waals surface area contributed by atoms with E-state index in [1.54, 1.807) is 0 Å². The molecule has 5 heteroatoms. The van der Waals surface area contributed by atoms with Crippen molar-refractivity contribution in [1.29, 1.82) is 0 Å². The Bertz CT molecular complexity index is 610. The molecule has 0 heterocycles. The third-order valence-corrected chi connectivity index (χ3v) is 2.51. The number of phenolic OH excluding ortho intramolecular Hbond substituents is 1. The molecule has 0 spiro atoms. The predicted molar refractivity (Wildman–Crippen MR) is 61.3 cm³/mol. The number of rotatable bonds is 1. The molecule has 17 heavy (non-hydrogen) atoms. The SMILES string of the molecule is COC(=O)c1cc(N)c2ccc(F)cc2c1O. The number of halogens is 1. The number of phenols is 1. The lowest BCUT2D eigenvalue weighted by atomic mass is 10.0. The molecular formula is C12H10FNO3. The van der Waals surface area contributed by atoms with Gasteiger partial charge in [-0.15, -0.1) is 0 Å². The van der Waals surface area contributed by atoms with Gasteiger partial charge < -0.3 is 15.6 Å². The van der Waals surface area contributed by atoms with Crippen LogP contribution in [-0.4, -0.2) is 18.2 Å². The van der Waals surface area contributed by atoms with E-state index in [4.69, 9.17) is 5.73 Å². The number of carbonyl (C=O) groups is 1. The summed E-state index contributed by atoms with van der Waals surface area (Å²) in [5.41, 5.74) is 5.92. The smallest absolute Gasteiger partial charge is 0.341 e. The van der Waals surface area contributed by atoms with Crippen molar-refractivity contribution in [1.82, 2.24) is 0 Å². The van der Waals surface area contributed by atoms with Crippen molar-refractivity contribution < 1.29 is 19.0 Å². The van der Waals surface area contributed by atoms with E-state index in [1.165, 1.54) is 25.3 Å². The highest BCUT2D eigenvalue weighted by Gasteiger charge is 2.16. The number of methoxy groups -OCH3 is 1. The fourth-order valence-corrected chi connectivity index (χ4v) is 1.68. The zero-order chi connectivity index (χ0) is 12.6. The summed E-state index contributed by atoms with van der Waals surface area (Å²) in [6, 6.07) is 5.10. The molecule has 0 aliphatic rings. The fourth-order valence-electron chi connectivity index (χ4n) is 1.68. The van der Waals surface area contributed by atoms with Crippen molar-refractivity contribution in [2.75, 3.05) is 12.8 Å². The molecule has 0 aliphatic heterocycles. The Morgan fingerprint density at radius 3 is 2.71 bits per heavy atom. The van der Waals surface area contributed by atoms with E-state index in [9.17, 15) is 14.3 Å². The molecule has 0 radical (unpaired) electrons. The minimum atomic E-state index is -0.722. The molecule has 2 rings (SSSR count). The van der Waals surface area contributed by atoms with Crippen molar-refractivity contribution in [2.24, 2.45) is 0 Å². The van der Waals surface area contributed by atoms with E-state index < -0.39 is 11.8 Å². The molecule has 0 bridgehead atoms. The molecule has 2 aromatic carbocycles. The summed E-state index contributed by atoms with van der Waals surface area (Å²) >= 11 is 0. The Kier molecular flexibility index (Phi) is 2.59. The molecule has 0 atom stereocenters. The van der Waals surface area contributed by atoms with Crippen LogP contribution in [0.1, 0.15) is 10.4 Å². The molecule has 88 valence electrons. The molecule has 0 amide bonds. The monoisotopic (exact) mass is 235 g/mol. The first kappa shape index (κ1) is 11.2. The van der Waals surface area contributed by atoms with Gasteiger partial charge in [-0.3, -0.25) is 0 Å². The van der Waals surface area contributed by atoms with Gasteiger partial charge in [-0.25, -0.2) is 9.18 Å². The minimum Gasteiger partial charge on any atom is -0.506 e. The molecule has 0 fully saturated rings. The lowest BCUT2D eigenvalue weighted by molar-refractivity contribution is 0.0598. The standard InChI is InChI=1S/C12H10FNO3/c1-17-12(16)9-5-10(14)7-3-2-6(13)4-8(7)11(9)15/h2-5,15H,14H2,1H3. The van der Waals surface area contributed by atoms with Gasteiger partial charge in [-0.2, -0.15) is 0 Å². The topological polar surface area (TPSA) is 72.5 Å². The Morgan fingerprint density at radius 1 is 1.35 bits per heavy atom. The van der Waals surface area contributed by atoms with Crippen LogP contribution in [0.5, 0.6) is 5.75 Å². The van der Waals surface area contributed by atoms with Crippen LogP contribution < -0.4 is 5.73 Å². The molecule has 3 N–H and O–H groups in total. The second-order valence-electron chi connectivity index (χ2n) is 3.54. The highest BCUT2D eigenvalue weighted by Crippen LogP contribution is 2.33. The number of aromatic hydroxyl groups is 1. The first-order valence-electron chi connectivity index (χ1n) is 4.83. The van der Waals surface area contributed by atoms with Crippen molar-refractivity contribution >= 4 is 22.4 Å². The summed E-state index contributed by atoms with van der Waals surface area (Å²) in [5.74, 6) is -1.57. The molecule has 0 saturated carbocycles. The summed E-state index contributed by atoms with van der Waals surface area (Å²) in [7, 11) is 1.19. The summed E-state index contributed by atoms with van der Waals surface area (Å²) in [4.78, 5) is 11.4. The highest BCUT2D eigenvalue weighted by atomic mass is 19.1. The van der Waals surface area contributed by atoms with Crippen molar-refractivity contribution in [3.05, 3.63) is 35.6 Å². The van der Waals surface area contributed by atoms with Crippen LogP contribution in [0.3, 0.4) is 0 Å². The van der Waals surface area contributed by atoms with Crippen LogP contribution in [0.4, 0.5) is 10.1 Å². The molecule has 4 nitrogen and oxygen atoms in total. The summed E-state index contributed by atoms with van der Waals surface area (Å²) < 4.78 is 17.6. The van der Waals surface area contributed by atoms with Crippen molar-refractivity contribution in [2.45, 2.75) is 0 Å². The van der Waals surface area contributed by atoms with Crippen LogP contribution in [0.15, 0.2) is 24.3 Å². The second-order valence-corrected chi connectivity index (χ2v) is 3.54. The van der Waals surface area contributed by atoms with Crippen LogP contribution in [0, 0.1) is 5.82 Å². The third-order valence-electron chi connectivity index (χ3n) is 2.51. The minimum absolute atomic E-state index is 0.0805. The van der Waals surface area contributed by atoms with Gasteiger partial charge in [0.1, 0.15) is 17.1 Å². The average Bonchev–Trinajstić information content (AvgIpc) is 2.32. The van der Waals surface area contributed by atoms with Gasteiger partial charge in [0.05, 0.1) is 7.11 Å². The van der Waals surface area contributed by atoms with Crippen LogP contribution in [0.25, 0.3) is 10.8 Å². The summed E-state index contributed by atoms with van der Waals surface area (Å²) in [5, 5.41) is 10.5. The van der Waals surface area contributed by atoms with Crippen LogP contribution >= 0.6 is 0 Å². The number of hydrogen-bond donors (Lipinski definition) is 2. The van der Waals surface area contributed by atoms with E-state index in [-0.39, 0.29) is 22.4 Å². The quantitative estimate of drug-likeness (QED) is 0.450. The number of ether oxygens (including phenoxy) is 1. The Morgan fingerprint density at radius 2 is 2.06 bits per heavy atom. The Hall–Kier alpha value is -2.30. The normalized spacial score (nSPS) is 10.5. The second kappa shape index (κ2) is 3.93. The lowest BCUT2D eigenvalue weighted by Crippen LogP contribution is -2.03. The molecule has 0 aromatic heterocycles. The van der Waals surface area contributed by atoms with Gasteiger partial charge in [-0.05, 0) is 24.3 Å². The number of hydrogen-bond acceptors (Lipinski definition) is 4. The number of anilines is 1. The average molecular weight is 235 g/mol. The fraction of sp³-hybridized carbons (Fsp3) is 0.0833. The number of esters is 1. The van der Waals surface area contributed by atoms with Gasteiger partial charge in [0.25, 0.3) is 0 Å². The van der Waals surface area contributed by atoms with Crippen LogP contribution in [-0.2, 0) is 4.74 Å². The third kappa shape index (κ3) is 1.75. The van der Waals surface area contributed by atoms with Crippen LogP contribution in [0.2, 0.25) is 0 Å². The maximum absolute atomic E-state index is 13.1. The Balaban J connectivity index is 2.82. The predicted octanol–water partition coefficient (Wildman–Crippen LogP) is 2.05. The number of carbonyl (C=O) groups excluding carboxylic acids is 1. The van der Waals surface area contributed by atoms with E-state index in [1.807, 2.05) is 0 Å².